The number of ether oxygens (including phenoxy) is 2. The van der Waals surface area contributed by atoms with E-state index < -0.39 is 11.6 Å². The van der Waals surface area contributed by atoms with Gasteiger partial charge in [0.05, 0.1) is 22.6 Å². The van der Waals surface area contributed by atoms with Gasteiger partial charge in [-0.1, -0.05) is 33.1 Å². The minimum absolute atomic E-state index is 0.231. The van der Waals surface area contributed by atoms with E-state index in [2.05, 4.69) is 13.8 Å². The van der Waals surface area contributed by atoms with Gasteiger partial charge in [0.2, 0.25) is 0 Å². The summed E-state index contributed by atoms with van der Waals surface area (Å²) in [6, 6.07) is 6.88. The van der Waals surface area contributed by atoms with E-state index >= 15 is 0 Å². The monoisotopic (exact) mass is 378 g/mol. The summed E-state index contributed by atoms with van der Waals surface area (Å²) >= 11 is 1.12. The van der Waals surface area contributed by atoms with Crippen LogP contribution in [0.5, 0.6) is 11.5 Å². The van der Waals surface area contributed by atoms with Crippen LogP contribution in [0.15, 0.2) is 24.3 Å². The summed E-state index contributed by atoms with van der Waals surface area (Å²) in [6.45, 7) is 5.14. The first kappa shape index (κ1) is 18.9. The second kappa shape index (κ2) is 8.67. The molecular formula is C21H24F2O2S. The van der Waals surface area contributed by atoms with Gasteiger partial charge in [0, 0.05) is 10.8 Å². The zero-order valence-electron chi connectivity index (χ0n) is 15.2. The molecule has 1 aromatic heterocycles. The molecule has 26 heavy (non-hydrogen) atoms. The first-order chi connectivity index (χ1) is 12.7. The molecule has 2 nitrogen and oxygen atoms in total. The van der Waals surface area contributed by atoms with Crippen molar-refractivity contribution in [3.8, 4) is 11.5 Å². The van der Waals surface area contributed by atoms with Crippen LogP contribution < -0.4 is 9.47 Å². The van der Waals surface area contributed by atoms with Crippen LogP contribution in [0.25, 0.3) is 20.2 Å². The third kappa shape index (κ3) is 3.78. The van der Waals surface area contributed by atoms with E-state index in [1.807, 2.05) is 6.07 Å². The Balaban J connectivity index is 1.93. The lowest BCUT2D eigenvalue weighted by Crippen LogP contribution is -1.98. The Morgan fingerprint density at radius 2 is 1.23 bits per heavy atom. The van der Waals surface area contributed by atoms with E-state index in [1.165, 1.54) is 0 Å². The van der Waals surface area contributed by atoms with Crippen molar-refractivity contribution < 1.29 is 18.3 Å². The largest absolute Gasteiger partial charge is 0.490 e. The van der Waals surface area contributed by atoms with Crippen LogP contribution in [0.1, 0.15) is 46.0 Å². The van der Waals surface area contributed by atoms with Gasteiger partial charge >= 0.3 is 0 Å². The van der Waals surface area contributed by atoms with Gasteiger partial charge in [0.25, 0.3) is 0 Å². The van der Waals surface area contributed by atoms with E-state index in [1.54, 1.807) is 18.2 Å². The lowest BCUT2D eigenvalue weighted by Gasteiger charge is -2.07. The van der Waals surface area contributed by atoms with Gasteiger partial charge < -0.3 is 9.47 Å². The van der Waals surface area contributed by atoms with Gasteiger partial charge in [-0.3, -0.25) is 0 Å². The van der Waals surface area contributed by atoms with E-state index in [9.17, 15) is 8.78 Å². The summed E-state index contributed by atoms with van der Waals surface area (Å²) < 4.78 is 41.6. The number of benzene rings is 2. The molecule has 0 atom stereocenters. The molecule has 3 aromatic rings. The summed E-state index contributed by atoms with van der Waals surface area (Å²) in [5.41, 5.74) is 0. The lowest BCUT2D eigenvalue weighted by atomic mass is 10.1. The molecule has 0 unspecified atom stereocenters. The van der Waals surface area contributed by atoms with Crippen molar-refractivity contribution in [2.24, 2.45) is 0 Å². The summed E-state index contributed by atoms with van der Waals surface area (Å²) in [6.07, 6.45) is 4.89. The average molecular weight is 378 g/mol. The fourth-order valence-electron chi connectivity index (χ4n) is 2.89. The second-order valence-corrected chi connectivity index (χ2v) is 7.39. The Hall–Kier alpha value is -1.88. The predicted molar refractivity (Wildman–Crippen MR) is 105 cm³/mol. The van der Waals surface area contributed by atoms with Crippen molar-refractivity contribution in [1.82, 2.24) is 0 Å². The van der Waals surface area contributed by atoms with Crippen molar-refractivity contribution in [3.05, 3.63) is 35.9 Å². The van der Waals surface area contributed by atoms with Gasteiger partial charge in [-0.2, -0.15) is 0 Å². The van der Waals surface area contributed by atoms with Crippen LogP contribution in [0.3, 0.4) is 0 Å². The number of hydrogen-bond acceptors (Lipinski definition) is 3. The first-order valence-electron chi connectivity index (χ1n) is 9.26. The van der Waals surface area contributed by atoms with Gasteiger partial charge in [0.1, 0.15) is 0 Å². The van der Waals surface area contributed by atoms with Crippen LogP contribution in [-0.2, 0) is 0 Å². The molecule has 0 saturated carbocycles. The fraction of sp³-hybridized carbons (Fsp3) is 0.429. The lowest BCUT2D eigenvalue weighted by molar-refractivity contribution is 0.293. The normalized spacial score (nSPS) is 11.4. The summed E-state index contributed by atoms with van der Waals surface area (Å²) in [4.78, 5) is 0. The minimum atomic E-state index is -0.412. The Bertz CT molecular complexity index is 889. The molecule has 5 heteroatoms. The third-order valence-electron chi connectivity index (χ3n) is 4.38. The quantitative estimate of drug-likeness (QED) is 0.370. The Labute approximate surface area is 156 Å². The SMILES string of the molecule is CCCCCOc1ccc2c(sc3c(F)c(OCCCC)ccc32)c1F. The van der Waals surface area contributed by atoms with Crippen LogP contribution in [0, 0.1) is 11.6 Å². The van der Waals surface area contributed by atoms with Crippen LogP contribution in [0.2, 0.25) is 0 Å². The number of thiophene rings is 1. The molecule has 0 aliphatic rings. The minimum Gasteiger partial charge on any atom is -0.490 e. The third-order valence-corrected chi connectivity index (χ3v) is 5.59. The van der Waals surface area contributed by atoms with Crippen molar-refractivity contribution in [2.75, 3.05) is 13.2 Å². The Morgan fingerprint density at radius 3 is 1.73 bits per heavy atom. The molecule has 0 fully saturated rings. The molecule has 0 spiro atoms. The maximum Gasteiger partial charge on any atom is 0.182 e. The van der Waals surface area contributed by atoms with Crippen molar-refractivity contribution >= 4 is 31.5 Å². The molecule has 3 rings (SSSR count). The molecule has 0 aliphatic heterocycles. The van der Waals surface area contributed by atoms with E-state index in [-0.39, 0.29) is 11.5 Å². The highest BCUT2D eigenvalue weighted by atomic mass is 32.1. The first-order valence-corrected chi connectivity index (χ1v) is 10.1. The number of halogens is 2. The smallest absolute Gasteiger partial charge is 0.182 e. The van der Waals surface area contributed by atoms with Gasteiger partial charge in [-0.25, -0.2) is 8.78 Å². The van der Waals surface area contributed by atoms with Crippen LogP contribution >= 0.6 is 11.3 Å². The van der Waals surface area contributed by atoms with Crippen LogP contribution in [0.4, 0.5) is 8.78 Å². The topological polar surface area (TPSA) is 18.5 Å². The maximum atomic E-state index is 14.8. The molecule has 0 N–H and O–H groups in total. The highest BCUT2D eigenvalue weighted by Gasteiger charge is 2.18. The zero-order valence-corrected chi connectivity index (χ0v) is 16.1. The summed E-state index contributed by atoms with van der Waals surface area (Å²) in [5, 5.41) is 1.42. The van der Waals surface area contributed by atoms with E-state index in [0.29, 0.717) is 33.4 Å². The Kier molecular flexibility index (Phi) is 6.30. The number of hydrogen-bond donors (Lipinski definition) is 0. The molecular weight excluding hydrogens is 354 g/mol. The Morgan fingerprint density at radius 1 is 0.731 bits per heavy atom. The molecule has 2 aromatic carbocycles. The fourth-order valence-corrected chi connectivity index (χ4v) is 4.05. The van der Waals surface area contributed by atoms with Gasteiger partial charge in [-0.15, -0.1) is 11.3 Å². The number of fused-ring (bicyclic) bond motifs is 3. The highest BCUT2D eigenvalue weighted by molar-refractivity contribution is 7.25. The standard InChI is InChI=1S/C21H24F2O2S/c1-3-5-7-13-25-17-11-9-15-14-8-10-16(24-12-6-4-2)18(22)20(14)26-21(15)19(17)23/h8-11H,3-7,12-13H2,1-2H3. The molecule has 140 valence electrons. The summed E-state index contributed by atoms with van der Waals surface area (Å²) in [7, 11) is 0. The average Bonchev–Trinajstić information content (AvgIpc) is 3.03. The van der Waals surface area contributed by atoms with Gasteiger partial charge in [0.15, 0.2) is 23.1 Å². The number of rotatable bonds is 9. The number of unbranched alkanes of at least 4 members (excludes halogenated alkanes) is 3. The van der Waals surface area contributed by atoms with E-state index in [0.717, 1.165) is 43.4 Å². The molecule has 0 bridgehead atoms. The maximum absolute atomic E-state index is 14.8. The summed E-state index contributed by atoms with van der Waals surface area (Å²) in [5.74, 6) is -0.355. The molecule has 0 radical (unpaired) electrons. The molecule has 0 aliphatic carbocycles. The van der Waals surface area contributed by atoms with Crippen molar-refractivity contribution in [2.45, 2.75) is 46.0 Å². The van der Waals surface area contributed by atoms with E-state index in [4.69, 9.17) is 9.47 Å². The van der Waals surface area contributed by atoms with Crippen molar-refractivity contribution in [1.29, 1.82) is 0 Å². The molecule has 0 saturated heterocycles. The molecule has 0 amide bonds. The molecule has 1 heterocycles. The van der Waals surface area contributed by atoms with Gasteiger partial charge in [-0.05, 0) is 37.1 Å². The highest BCUT2D eigenvalue weighted by Crippen LogP contribution is 2.41. The predicted octanol–water partition coefficient (Wildman–Crippen LogP) is 7.08. The second-order valence-electron chi connectivity index (χ2n) is 6.37. The van der Waals surface area contributed by atoms with Crippen molar-refractivity contribution in [3.63, 3.8) is 0 Å². The van der Waals surface area contributed by atoms with Crippen LogP contribution in [-0.4, -0.2) is 13.2 Å². The zero-order chi connectivity index (χ0) is 18.5.